The second-order valence-corrected chi connectivity index (χ2v) is 11.7. The van der Waals surface area contributed by atoms with Crippen LogP contribution >= 0.6 is 11.6 Å². The van der Waals surface area contributed by atoms with E-state index in [9.17, 15) is 26.4 Å². The van der Waals surface area contributed by atoms with E-state index in [1.165, 1.54) is 11.0 Å². The number of nitrogens with zero attached hydrogens (tertiary/aromatic N) is 2. The van der Waals surface area contributed by atoms with Crippen LogP contribution in [-0.4, -0.2) is 69.2 Å². The smallest absolute Gasteiger partial charge is 0.256 e. The van der Waals surface area contributed by atoms with Gasteiger partial charge in [-0.3, -0.25) is 4.79 Å². The molecule has 198 valence electrons. The molecule has 2 N–H and O–H groups in total. The SMILES string of the molecule is CN/C(=C1/CCN(C(=O)c2cc(F)cc(N3CCS(=O)(=O)CC3)c2Cl)[C@H](C)C1=N)c1cc(F)cc(F)c1. The first kappa shape index (κ1) is 27.0. The van der Waals surface area contributed by atoms with Gasteiger partial charge in [0.1, 0.15) is 17.5 Å². The molecule has 12 heteroatoms. The summed E-state index contributed by atoms with van der Waals surface area (Å²) >= 11 is 6.55. The van der Waals surface area contributed by atoms with Crippen molar-refractivity contribution >= 4 is 44.4 Å². The van der Waals surface area contributed by atoms with Gasteiger partial charge >= 0.3 is 0 Å². The maximum Gasteiger partial charge on any atom is 0.256 e. The summed E-state index contributed by atoms with van der Waals surface area (Å²) in [6.45, 7) is 2.06. The Balaban J connectivity index is 1.63. The molecule has 0 unspecified atom stereocenters. The molecule has 4 rings (SSSR count). The number of benzene rings is 2. The number of rotatable bonds is 4. The second kappa shape index (κ2) is 10.4. The zero-order valence-electron chi connectivity index (χ0n) is 20.2. The van der Waals surface area contributed by atoms with Crippen LogP contribution in [0.5, 0.6) is 0 Å². The van der Waals surface area contributed by atoms with Crippen LogP contribution in [-0.2, 0) is 9.84 Å². The fourth-order valence-electron chi connectivity index (χ4n) is 4.74. The lowest BCUT2D eigenvalue weighted by atomic mass is 9.90. The van der Waals surface area contributed by atoms with Crippen molar-refractivity contribution in [2.75, 3.05) is 43.1 Å². The number of carbonyl (C=O) groups excluding carboxylic acids is 1. The van der Waals surface area contributed by atoms with E-state index >= 15 is 0 Å². The zero-order chi connectivity index (χ0) is 27.1. The molecular weight excluding hydrogens is 529 g/mol. The predicted octanol–water partition coefficient (Wildman–Crippen LogP) is 3.88. The van der Waals surface area contributed by atoms with Gasteiger partial charge < -0.3 is 20.5 Å². The van der Waals surface area contributed by atoms with Gasteiger partial charge in [0.15, 0.2) is 9.84 Å². The monoisotopic (exact) mass is 554 g/mol. The van der Waals surface area contributed by atoms with Gasteiger partial charge in [0, 0.05) is 49.6 Å². The van der Waals surface area contributed by atoms with Crippen LogP contribution < -0.4 is 10.2 Å². The van der Waals surface area contributed by atoms with Crippen molar-refractivity contribution < 1.29 is 26.4 Å². The predicted molar refractivity (Wildman–Crippen MR) is 137 cm³/mol. The minimum Gasteiger partial charge on any atom is -0.387 e. The minimum atomic E-state index is -3.17. The summed E-state index contributed by atoms with van der Waals surface area (Å²) in [7, 11) is -1.59. The van der Waals surface area contributed by atoms with Gasteiger partial charge in [-0.15, -0.1) is 0 Å². The molecule has 2 heterocycles. The van der Waals surface area contributed by atoms with Gasteiger partial charge in [0.25, 0.3) is 5.91 Å². The average Bonchev–Trinajstić information content (AvgIpc) is 2.83. The van der Waals surface area contributed by atoms with Crippen molar-refractivity contribution in [1.82, 2.24) is 10.2 Å². The first-order valence-corrected chi connectivity index (χ1v) is 13.8. The number of anilines is 1. The Morgan fingerprint density at radius 3 is 2.22 bits per heavy atom. The molecule has 0 saturated carbocycles. The zero-order valence-corrected chi connectivity index (χ0v) is 21.8. The number of halogens is 4. The topological polar surface area (TPSA) is 93.6 Å². The van der Waals surface area contributed by atoms with Gasteiger partial charge in [0.2, 0.25) is 0 Å². The van der Waals surface area contributed by atoms with E-state index in [-0.39, 0.29) is 65.1 Å². The Morgan fingerprint density at radius 1 is 1.03 bits per heavy atom. The highest BCUT2D eigenvalue weighted by atomic mass is 35.5. The summed E-state index contributed by atoms with van der Waals surface area (Å²) in [6, 6.07) is 4.56. The summed E-state index contributed by atoms with van der Waals surface area (Å²) < 4.78 is 65.8. The van der Waals surface area contributed by atoms with Gasteiger partial charge in [-0.2, -0.15) is 0 Å². The van der Waals surface area contributed by atoms with Crippen molar-refractivity contribution in [2.45, 2.75) is 19.4 Å². The molecule has 2 fully saturated rings. The second-order valence-electron chi connectivity index (χ2n) is 9.03. The fraction of sp³-hybridized carbons (Fsp3) is 0.360. The number of nitrogens with one attached hydrogen (secondary N) is 2. The molecule has 2 aromatic rings. The molecule has 0 aromatic heterocycles. The fourth-order valence-corrected chi connectivity index (χ4v) is 6.25. The Hall–Kier alpha value is -3.05. The van der Waals surface area contributed by atoms with Crippen molar-refractivity contribution in [3.8, 4) is 0 Å². The molecule has 7 nitrogen and oxygen atoms in total. The Labute approximate surface area is 218 Å². The molecule has 0 spiro atoms. The maximum absolute atomic E-state index is 14.6. The highest BCUT2D eigenvalue weighted by Gasteiger charge is 2.34. The van der Waals surface area contributed by atoms with Crippen molar-refractivity contribution in [3.63, 3.8) is 0 Å². The van der Waals surface area contributed by atoms with E-state index in [1.54, 1.807) is 18.9 Å². The molecule has 2 aliphatic rings. The highest BCUT2D eigenvalue weighted by Crippen LogP contribution is 2.34. The first-order valence-electron chi connectivity index (χ1n) is 11.6. The van der Waals surface area contributed by atoms with Gasteiger partial charge in [-0.1, -0.05) is 11.6 Å². The lowest BCUT2D eigenvalue weighted by Gasteiger charge is -2.37. The number of hydrogen-bond acceptors (Lipinski definition) is 6. The third kappa shape index (κ3) is 5.47. The Kier molecular flexibility index (Phi) is 7.57. The molecule has 2 saturated heterocycles. The van der Waals surface area contributed by atoms with Gasteiger partial charge in [-0.05, 0) is 37.6 Å². The van der Waals surface area contributed by atoms with E-state index in [0.29, 0.717) is 11.3 Å². The lowest BCUT2D eigenvalue weighted by Crippen LogP contribution is -2.48. The molecular formula is C25H26ClF3N4O3S. The standard InChI is InChI=1S/C25H26ClF3N4O3S/c1-14-23(30)19(24(31-2)15-9-16(27)11-17(28)10-15)3-4-33(14)25(34)20-12-18(29)13-21(22(20)26)32-5-7-37(35,36)8-6-32/h9-14,30-31H,3-8H2,1-2H3/b24-19-,30-23?/t14-/m1/s1. The van der Waals surface area contributed by atoms with Crippen molar-refractivity contribution in [2.24, 2.45) is 0 Å². The Bertz CT molecular complexity index is 1380. The van der Waals surface area contributed by atoms with E-state index in [0.717, 1.165) is 24.3 Å². The summed E-state index contributed by atoms with van der Waals surface area (Å²) in [6.07, 6.45) is 0.215. The van der Waals surface area contributed by atoms with Crippen LogP contribution in [0, 0.1) is 22.9 Å². The molecule has 2 aromatic carbocycles. The van der Waals surface area contributed by atoms with Crippen LogP contribution in [0.2, 0.25) is 5.02 Å². The summed E-state index contributed by atoms with van der Waals surface area (Å²) in [5, 5.41) is 11.6. The summed E-state index contributed by atoms with van der Waals surface area (Å²) in [4.78, 5) is 16.5. The van der Waals surface area contributed by atoms with Crippen LogP contribution in [0.25, 0.3) is 5.70 Å². The molecule has 1 atom stereocenters. The van der Waals surface area contributed by atoms with Crippen molar-refractivity contribution in [3.05, 3.63) is 69.5 Å². The quantitative estimate of drug-likeness (QED) is 0.598. The first-order chi connectivity index (χ1) is 17.4. The third-order valence-corrected chi connectivity index (χ3v) is 8.72. The molecule has 0 aliphatic carbocycles. The number of likely N-dealkylation sites (tertiary alicyclic amines) is 1. The largest absolute Gasteiger partial charge is 0.387 e. The van der Waals surface area contributed by atoms with Crippen LogP contribution in [0.1, 0.15) is 29.3 Å². The Morgan fingerprint density at radius 2 is 1.62 bits per heavy atom. The van der Waals surface area contributed by atoms with E-state index in [1.807, 2.05) is 0 Å². The van der Waals surface area contributed by atoms with Crippen LogP contribution in [0.4, 0.5) is 18.9 Å². The average molecular weight is 555 g/mol. The van der Waals surface area contributed by atoms with E-state index in [2.05, 4.69) is 5.32 Å². The summed E-state index contributed by atoms with van der Waals surface area (Å²) in [5.74, 6) is -2.96. The number of piperidine rings is 1. The highest BCUT2D eigenvalue weighted by molar-refractivity contribution is 7.91. The molecule has 2 aliphatic heterocycles. The lowest BCUT2D eigenvalue weighted by molar-refractivity contribution is 0.0728. The number of amides is 1. The minimum absolute atomic E-state index is 0.0110. The van der Waals surface area contributed by atoms with Gasteiger partial charge in [-0.25, -0.2) is 21.6 Å². The maximum atomic E-state index is 14.6. The number of hydrogen-bond donors (Lipinski definition) is 2. The van der Waals surface area contributed by atoms with E-state index in [4.69, 9.17) is 17.0 Å². The summed E-state index contributed by atoms with van der Waals surface area (Å²) in [5.41, 5.74) is 1.36. The van der Waals surface area contributed by atoms with Crippen LogP contribution in [0.3, 0.4) is 0 Å². The third-order valence-electron chi connectivity index (χ3n) is 6.71. The van der Waals surface area contributed by atoms with E-state index < -0.39 is 39.2 Å². The molecule has 0 bridgehead atoms. The molecule has 1 amide bonds. The molecule has 37 heavy (non-hydrogen) atoms. The number of sulfone groups is 1. The number of carbonyl (C=O) groups is 1. The molecule has 0 radical (unpaired) electrons. The van der Waals surface area contributed by atoms with Gasteiger partial charge in [0.05, 0.1) is 39.5 Å². The normalized spacial score (nSPS) is 21.1. The van der Waals surface area contributed by atoms with Crippen molar-refractivity contribution in [1.29, 1.82) is 5.41 Å². The van der Waals surface area contributed by atoms with Crippen LogP contribution in [0.15, 0.2) is 35.9 Å².